The second-order valence-corrected chi connectivity index (χ2v) is 5.10. The number of amides is 1. The third-order valence-corrected chi connectivity index (χ3v) is 3.49. The van der Waals surface area contributed by atoms with E-state index < -0.39 is 34.9 Å². The highest BCUT2D eigenvalue weighted by atomic mass is 19.1. The molecule has 0 aliphatic carbocycles. The van der Waals surface area contributed by atoms with Crippen LogP contribution in [0.15, 0.2) is 12.1 Å². The predicted molar refractivity (Wildman–Crippen MR) is 67.2 cm³/mol. The first-order valence-corrected chi connectivity index (χ1v) is 6.54. The summed E-state index contributed by atoms with van der Waals surface area (Å²) < 4.78 is 40.1. The molecule has 0 bridgehead atoms. The molecule has 0 saturated carbocycles. The maximum Gasteiger partial charge on any atom is 0.303 e. The fourth-order valence-electron chi connectivity index (χ4n) is 2.57. The Morgan fingerprint density at radius 1 is 1.24 bits per heavy atom. The Bertz CT molecular complexity index is 554. The van der Waals surface area contributed by atoms with E-state index in [2.05, 4.69) is 0 Å². The standard InChI is InChI=1S/C14H14F3NO3/c15-9-5-10(16)13(11(17)6-9)14(21)18-3-1-2-8(7-18)4-12(19)20/h5-6,8H,1-4,7H2,(H,19,20). The number of carboxylic acid groups (broad SMARTS) is 1. The van der Waals surface area contributed by atoms with Crippen LogP contribution in [0.1, 0.15) is 29.6 Å². The molecule has 1 heterocycles. The van der Waals surface area contributed by atoms with Gasteiger partial charge < -0.3 is 10.0 Å². The largest absolute Gasteiger partial charge is 0.481 e. The van der Waals surface area contributed by atoms with Crippen molar-refractivity contribution in [2.24, 2.45) is 5.92 Å². The Hall–Kier alpha value is -2.05. The highest BCUT2D eigenvalue weighted by molar-refractivity contribution is 5.94. The number of nitrogens with zero attached hydrogens (tertiary/aromatic N) is 1. The van der Waals surface area contributed by atoms with Gasteiger partial charge in [0, 0.05) is 31.6 Å². The maximum atomic E-state index is 13.6. The number of carbonyl (C=O) groups is 2. The van der Waals surface area contributed by atoms with Crippen molar-refractivity contribution in [2.45, 2.75) is 19.3 Å². The molecule has 1 aromatic carbocycles. The van der Waals surface area contributed by atoms with Crippen molar-refractivity contribution in [3.8, 4) is 0 Å². The van der Waals surface area contributed by atoms with Gasteiger partial charge in [-0.15, -0.1) is 0 Å². The Morgan fingerprint density at radius 3 is 2.43 bits per heavy atom. The van der Waals surface area contributed by atoms with Gasteiger partial charge in [-0.3, -0.25) is 9.59 Å². The van der Waals surface area contributed by atoms with Gasteiger partial charge in [0.2, 0.25) is 0 Å². The molecule has 1 saturated heterocycles. The van der Waals surface area contributed by atoms with E-state index >= 15 is 0 Å². The second-order valence-electron chi connectivity index (χ2n) is 5.10. The van der Waals surface area contributed by atoms with Crippen LogP contribution in [0.4, 0.5) is 13.2 Å². The summed E-state index contributed by atoms with van der Waals surface area (Å²) in [6, 6.07) is 0.907. The SMILES string of the molecule is O=C(O)CC1CCCN(C(=O)c2c(F)cc(F)cc2F)C1. The zero-order chi connectivity index (χ0) is 15.6. The summed E-state index contributed by atoms with van der Waals surface area (Å²) >= 11 is 0. The van der Waals surface area contributed by atoms with Crippen LogP contribution in [0.25, 0.3) is 0 Å². The lowest BCUT2D eigenvalue weighted by Gasteiger charge is -2.32. The topological polar surface area (TPSA) is 57.6 Å². The normalized spacial score (nSPS) is 18.6. The van der Waals surface area contributed by atoms with Gasteiger partial charge in [-0.05, 0) is 18.8 Å². The van der Waals surface area contributed by atoms with Crippen LogP contribution in [0.5, 0.6) is 0 Å². The molecule has 114 valence electrons. The van der Waals surface area contributed by atoms with Crippen molar-refractivity contribution < 1.29 is 27.9 Å². The molecule has 2 rings (SSSR count). The van der Waals surface area contributed by atoms with Gasteiger partial charge >= 0.3 is 5.97 Å². The van der Waals surface area contributed by atoms with E-state index in [0.717, 1.165) is 0 Å². The molecule has 1 aliphatic rings. The van der Waals surface area contributed by atoms with Crippen molar-refractivity contribution in [3.05, 3.63) is 35.1 Å². The fourth-order valence-corrected chi connectivity index (χ4v) is 2.57. The minimum absolute atomic E-state index is 0.0990. The molecule has 0 spiro atoms. The number of benzene rings is 1. The molecule has 1 fully saturated rings. The first kappa shape index (κ1) is 15.3. The molecule has 1 atom stereocenters. The van der Waals surface area contributed by atoms with E-state index in [9.17, 15) is 22.8 Å². The Kier molecular flexibility index (Phi) is 4.50. The van der Waals surface area contributed by atoms with Crippen LogP contribution in [0.3, 0.4) is 0 Å². The van der Waals surface area contributed by atoms with Gasteiger partial charge in [0.1, 0.15) is 23.0 Å². The third kappa shape index (κ3) is 3.53. The summed E-state index contributed by atoms with van der Waals surface area (Å²) in [4.78, 5) is 24.1. The predicted octanol–water partition coefficient (Wildman–Crippen LogP) is 2.43. The number of rotatable bonds is 3. The number of likely N-dealkylation sites (tertiary alicyclic amines) is 1. The lowest BCUT2D eigenvalue weighted by Crippen LogP contribution is -2.41. The molecule has 7 heteroatoms. The minimum Gasteiger partial charge on any atom is -0.481 e. The van der Waals surface area contributed by atoms with E-state index in [1.165, 1.54) is 4.90 Å². The van der Waals surface area contributed by atoms with Crippen molar-refractivity contribution >= 4 is 11.9 Å². The zero-order valence-electron chi connectivity index (χ0n) is 11.1. The Labute approximate surface area is 119 Å². The van der Waals surface area contributed by atoms with Crippen LogP contribution in [-0.4, -0.2) is 35.0 Å². The molecule has 1 aromatic rings. The molecule has 1 amide bonds. The molecular formula is C14H14F3NO3. The highest BCUT2D eigenvalue weighted by Gasteiger charge is 2.29. The van der Waals surface area contributed by atoms with Crippen molar-refractivity contribution in [3.63, 3.8) is 0 Å². The number of hydrogen-bond donors (Lipinski definition) is 1. The first-order valence-electron chi connectivity index (χ1n) is 6.54. The van der Waals surface area contributed by atoms with Crippen LogP contribution >= 0.6 is 0 Å². The van der Waals surface area contributed by atoms with Crippen LogP contribution in [-0.2, 0) is 4.79 Å². The quantitative estimate of drug-likeness (QED) is 0.933. The molecule has 21 heavy (non-hydrogen) atoms. The van der Waals surface area contributed by atoms with Gasteiger partial charge in [-0.1, -0.05) is 0 Å². The Balaban J connectivity index is 2.18. The average Bonchev–Trinajstić information content (AvgIpc) is 2.36. The summed E-state index contributed by atoms with van der Waals surface area (Å²) in [5, 5.41) is 8.76. The van der Waals surface area contributed by atoms with Gasteiger partial charge in [-0.2, -0.15) is 0 Å². The van der Waals surface area contributed by atoms with Gasteiger partial charge in [0.05, 0.1) is 0 Å². The van der Waals surface area contributed by atoms with Crippen molar-refractivity contribution in [1.82, 2.24) is 4.90 Å². The third-order valence-electron chi connectivity index (χ3n) is 3.49. The molecule has 0 aromatic heterocycles. The van der Waals surface area contributed by atoms with Crippen LogP contribution in [0, 0.1) is 23.4 Å². The van der Waals surface area contributed by atoms with Gasteiger partial charge in [0.15, 0.2) is 0 Å². The number of carbonyl (C=O) groups excluding carboxylic acids is 1. The van der Waals surface area contributed by atoms with E-state index in [-0.39, 0.29) is 18.9 Å². The minimum atomic E-state index is -1.25. The van der Waals surface area contributed by atoms with Gasteiger partial charge in [0.25, 0.3) is 5.91 Å². The van der Waals surface area contributed by atoms with Crippen LogP contribution in [0.2, 0.25) is 0 Å². The summed E-state index contributed by atoms with van der Waals surface area (Å²) in [7, 11) is 0. The second kappa shape index (κ2) is 6.15. The molecule has 1 aliphatic heterocycles. The van der Waals surface area contributed by atoms with Gasteiger partial charge in [-0.25, -0.2) is 13.2 Å². The smallest absolute Gasteiger partial charge is 0.303 e. The summed E-state index contributed by atoms with van der Waals surface area (Å²) in [5.41, 5.74) is -0.799. The molecule has 0 radical (unpaired) electrons. The molecular weight excluding hydrogens is 287 g/mol. The molecule has 4 nitrogen and oxygen atoms in total. The van der Waals surface area contributed by atoms with E-state index in [1.807, 2.05) is 0 Å². The summed E-state index contributed by atoms with van der Waals surface area (Å²) in [5.74, 6) is -5.69. The average molecular weight is 301 g/mol. The number of hydrogen-bond acceptors (Lipinski definition) is 2. The first-order chi connectivity index (χ1) is 9.88. The number of aliphatic carboxylic acids is 1. The number of halogens is 3. The maximum absolute atomic E-state index is 13.6. The molecule has 1 N–H and O–H groups in total. The van der Waals surface area contributed by atoms with E-state index in [4.69, 9.17) is 5.11 Å². The number of piperidine rings is 1. The Morgan fingerprint density at radius 2 is 1.86 bits per heavy atom. The number of carboxylic acids is 1. The zero-order valence-corrected chi connectivity index (χ0v) is 11.1. The van der Waals surface area contributed by atoms with E-state index in [1.54, 1.807) is 0 Å². The summed E-state index contributed by atoms with van der Waals surface area (Å²) in [6.45, 7) is 0.423. The fraction of sp³-hybridized carbons (Fsp3) is 0.429. The lowest BCUT2D eigenvalue weighted by atomic mass is 9.94. The van der Waals surface area contributed by atoms with E-state index in [0.29, 0.717) is 31.5 Å². The van der Waals surface area contributed by atoms with Crippen molar-refractivity contribution in [2.75, 3.05) is 13.1 Å². The monoisotopic (exact) mass is 301 g/mol. The highest BCUT2D eigenvalue weighted by Crippen LogP contribution is 2.23. The lowest BCUT2D eigenvalue weighted by molar-refractivity contribution is -0.138. The summed E-state index contributed by atoms with van der Waals surface area (Å²) in [6.07, 6.45) is 1.11. The van der Waals surface area contributed by atoms with Crippen LogP contribution < -0.4 is 0 Å². The van der Waals surface area contributed by atoms with Crippen molar-refractivity contribution in [1.29, 1.82) is 0 Å². The molecule has 1 unspecified atom stereocenters.